The second kappa shape index (κ2) is 9.75. The lowest BCUT2D eigenvalue weighted by Crippen LogP contribution is -2.26. The lowest BCUT2D eigenvalue weighted by molar-refractivity contribution is -0.287. The fraction of sp³-hybridized carbons (Fsp3) is 0.200. The van der Waals surface area contributed by atoms with Crippen molar-refractivity contribution in [1.29, 1.82) is 0 Å². The van der Waals surface area contributed by atoms with E-state index < -0.39 is 40.8 Å². The van der Waals surface area contributed by atoms with Crippen LogP contribution in [0.4, 0.5) is 22.0 Å². The van der Waals surface area contributed by atoms with Crippen molar-refractivity contribution in [2.45, 2.75) is 30.5 Å². The summed E-state index contributed by atoms with van der Waals surface area (Å²) in [5, 5.41) is 2.62. The highest BCUT2D eigenvalue weighted by Crippen LogP contribution is 2.44. The molecule has 4 aromatic rings. The molecule has 3 aromatic carbocycles. The van der Waals surface area contributed by atoms with Crippen LogP contribution in [0.5, 0.6) is 11.5 Å². The summed E-state index contributed by atoms with van der Waals surface area (Å²) in [7, 11) is -2.35. The summed E-state index contributed by atoms with van der Waals surface area (Å²) in [6.07, 6.45) is -8.84. The molecule has 0 aliphatic carbocycles. The number of alkyl halides is 5. The van der Waals surface area contributed by atoms with Gasteiger partial charge in [-0.15, -0.1) is 8.78 Å². The fourth-order valence-electron chi connectivity index (χ4n) is 4.16. The van der Waals surface area contributed by atoms with Crippen LogP contribution in [-0.2, 0) is 29.3 Å². The van der Waals surface area contributed by atoms with Gasteiger partial charge in [0.05, 0.1) is 22.5 Å². The standard InChI is InChI=1S/C25H19F5N4O5S/c1-31-40(36,37)17-8-5-14(6-9-17)12-32-22(35)15-7-10-19-18(11-15)33-23(24(26,27)28)34(19)13-16-3-2-4-20-21(16)39-25(29,30)38-20/h2-11,31H,12-13H2,1H3,(H,32,35). The Morgan fingerprint density at radius 2 is 1.77 bits per heavy atom. The van der Waals surface area contributed by atoms with Crippen LogP contribution in [0.1, 0.15) is 27.3 Å². The molecule has 0 fully saturated rings. The van der Waals surface area contributed by atoms with Crippen molar-refractivity contribution >= 4 is 27.0 Å². The SMILES string of the molecule is CNS(=O)(=O)c1ccc(CNC(=O)c2ccc3c(c2)nc(C(F)(F)F)n3Cc2cccc3c2OC(F)(F)O3)cc1. The Morgan fingerprint density at radius 3 is 2.45 bits per heavy atom. The van der Waals surface area contributed by atoms with Crippen LogP contribution in [0.25, 0.3) is 11.0 Å². The average Bonchev–Trinajstić information content (AvgIpc) is 3.43. The third-order valence-electron chi connectivity index (χ3n) is 6.06. The smallest absolute Gasteiger partial charge is 0.395 e. The Labute approximate surface area is 223 Å². The lowest BCUT2D eigenvalue weighted by Gasteiger charge is -2.13. The first kappa shape index (κ1) is 27.3. The van der Waals surface area contributed by atoms with Crippen molar-refractivity contribution in [3.05, 3.63) is 83.2 Å². The molecule has 1 aromatic heterocycles. The summed E-state index contributed by atoms with van der Waals surface area (Å²) in [6.45, 7) is -0.496. The Morgan fingerprint density at radius 1 is 1.05 bits per heavy atom. The molecule has 15 heteroatoms. The van der Waals surface area contributed by atoms with Crippen LogP contribution in [0.3, 0.4) is 0 Å². The number of nitrogens with one attached hydrogen (secondary N) is 2. The number of rotatable bonds is 7. The molecule has 1 aliphatic rings. The monoisotopic (exact) mass is 582 g/mol. The lowest BCUT2D eigenvalue weighted by atomic mass is 10.1. The zero-order valence-corrected chi connectivity index (χ0v) is 21.2. The number of amides is 1. The van der Waals surface area contributed by atoms with Crippen LogP contribution in [0.15, 0.2) is 65.6 Å². The molecule has 0 unspecified atom stereocenters. The van der Waals surface area contributed by atoms with Gasteiger partial charge in [-0.2, -0.15) is 13.2 Å². The number of aromatic nitrogens is 2. The van der Waals surface area contributed by atoms with E-state index in [4.69, 9.17) is 0 Å². The largest absolute Gasteiger partial charge is 0.586 e. The molecule has 0 spiro atoms. The summed E-state index contributed by atoms with van der Waals surface area (Å²) in [6, 6.07) is 13.4. The Hall–Kier alpha value is -4.24. The van der Waals surface area contributed by atoms with Gasteiger partial charge >= 0.3 is 12.5 Å². The molecule has 40 heavy (non-hydrogen) atoms. The minimum atomic E-state index is -4.90. The zero-order valence-electron chi connectivity index (χ0n) is 20.4. The molecule has 5 rings (SSSR count). The third-order valence-corrected chi connectivity index (χ3v) is 7.49. The van der Waals surface area contributed by atoms with Gasteiger partial charge in [0.25, 0.3) is 5.91 Å². The van der Waals surface area contributed by atoms with Crippen molar-refractivity contribution in [2.24, 2.45) is 0 Å². The number of sulfonamides is 1. The van der Waals surface area contributed by atoms with E-state index in [1.807, 2.05) is 0 Å². The van der Waals surface area contributed by atoms with Crippen LogP contribution in [0, 0.1) is 0 Å². The molecule has 1 amide bonds. The molecular weight excluding hydrogens is 563 g/mol. The molecule has 210 valence electrons. The van der Waals surface area contributed by atoms with Gasteiger partial charge in [-0.3, -0.25) is 4.79 Å². The van der Waals surface area contributed by atoms with Gasteiger partial charge < -0.3 is 19.4 Å². The fourth-order valence-corrected chi connectivity index (χ4v) is 4.89. The van der Waals surface area contributed by atoms with Gasteiger partial charge in [0.1, 0.15) is 0 Å². The van der Waals surface area contributed by atoms with Gasteiger partial charge in [0.2, 0.25) is 15.8 Å². The molecule has 0 saturated carbocycles. The number of imidazole rings is 1. The van der Waals surface area contributed by atoms with E-state index in [-0.39, 0.29) is 45.1 Å². The van der Waals surface area contributed by atoms with Crippen LogP contribution in [-0.4, -0.2) is 37.2 Å². The number of para-hydroxylation sites is 1. The minimum absolute atomic E-state index is 0.00786. The highest BCUT2D eigenvalue weighted by molar-refractivity contribution is 7.89. The maximum Gasteiger partial charge on any atom is 0.586 e. The molecule has 0 saturated heterocycles. The summed E-state index contributed by atoms with van der Waals surface area (Å²) in [4.78, 5) is 16.4. The Balaban J connectivity index is 1.40. The van der Waals surface area contributed by atoms with Gasteiger partial charge in [0, 0.05) is 17.7 Å². The first-order chi connectivity index (χ1) is 18.8. The van der Waals surface area contributed by atoms with E-state index in [9.17, 15) is 35.2 Å². The highest BCUT2D eigenvalue weighted by Gasteiger charge is 2.45. The molecule has 0 radical (unpaired) electrons. The van der Waals surface area contributed by atoms with Crippen molar-refractivity contribution < 1.29 is 44.6 Å². The van der Waals surface area contributed by atoms with Crippen LogP contribution < -0.4 is 19.5 Å². The average molecular weight is 583 g/mol. The van der Waals surface area contributed by atoms with Crippen molar-refractivity contribution in [2.75, 3.05) is 7.05 Å². The molecule has 2 heterocycles. The predicted molar refractivity (Wildman–Crippen MR) is 130 cm³/mol. The Bertz CT molecular complexity index is 1720. The van der Waals surface area contributed by atoms with Crippen LogP contribution >= 0.6 is 0 Å². The summed E-state index contributed by atoms with van der Waals surface area (Å²) < 4.78 is 104. The van der Waals surface area contributed by atoms with Gasteiger partial charge in [0.15, 0.2) is 11.5 Å². The first-order valence-corrected chi connectivity index (χ1v) is 13.0. The topological polar surface area (TPSA) is 112 Å². The summed E-state index contributed by atoms with van der Waals surface area (Å²) in [5.74, 6) is -2.58. The number of nitrogens with zero attached hydrogens (tertiary/aromatic N) is 2. The van der Waals surface area contributed by atoms with E-state index in [1.165, 1.54) is 67.7 Å². The zero-order chi connectivity index (χ0) is 28.9. The molecular formula is C25H19F5N4O5S. The van der Waals surface area contributed by atoms with E-state index in [0.29, 0.717) is 5.56 Å². The number of ether oxygens (including phenoxy) is 2. The number of hydrogen-bond acceptors (Lipinski definition) is 6. The van der Waals surface area contributed by atoms with Gasteiger partial charge in [-0.05, 0) is 49.0 Å². The second-order valence-corrected chi connectivity index (χ2v) is 10.6. The van der Waals surface area contributed by atoms with E-state index in [2.05, 4.69) is 24.5 Å². The first-order valence-electron chi connectivity index (χ1n) is 11.5. The third kappa shape index (κ3) is 5.29. The maximum absolute atomic E-state index is 13.9. The van der Waals surface area contributed by atoms with Gasteiger partial charge in [-0.25, -0.2) is 18.1 Å². The van der Waals surface area contributed by atoms with Crippen LogP contribution in [0.2, 0.25) is 0 Å². The van der Waals surface area contributed by atoms with Crippen molar-refractivity contribution in [3.8, 4) is 11.5 Å². The van der Waals surface area contributed by atoms with E-state index in [1.54, 1.807) is 0 Å². The molecule has 0 atom stereocenters. The Kier molecular flexibility index (Phi) is 6.66. The number of halogens is 5. The number of benzene rings is 3. The minimum Gasteiger partial charge on any atom is -0.395 e. The quantitative estimate of drug-likeness (QED) is 0.315. The van der Waals surface area contributed by atoms with E-state index in [0.717, 1.165) is 4.57 Å². The van der Waals surface area contributed by atoms with Gasteiger partial charge in [-0.1, -0.05) is 24.3 Å². The molecule has 2 N–H and O–H groups in total. The predicted octanol–water partition coefficient (Wildman–Crippen LogP) is 4.26. The van der Waals surface area contributed by atoms with E-state index >= 15 is 0 Å². The molecule has 0 bridgehead atoms. The van der Waals surface area contributed by atoms with Crippen molar-refractivity contribution in [3.63, 3.8) is 0 Å². The summed E-state index contributed by atoms with van der Waals surface area (Å²) >= 11 is 0. The molecule has 1 aliphatic heterocycles. The molecule has 9 nitrogen and oxygen atoms in total. The number of hydrogen-bond donors (Lipinski definition) is 2. The normalized spacial score (nSPS) is 14.4. The highest BCUT2D eigenvalue weighted by atomic mass is 32.2. The summed E-state index contributed by atoms with van der Waals surface area (Å²) in [5.41, 5.74) is 0.484. The maximum atomic E-state index is 13.9. The second-order valence-electron chi connectivity index (χ2n) is 8.67. The number of fused-ring (bicyclic) bond motifs is 2. The number of carbonyl (C=O) groups is 1. The van der Waals surface area contributed by atoms with Crippen molar-refractivity contribution in [1.82, 2.24) is 19.6 Å². The number of carbonyl (C=O) groups excluding carboxylic acids is 1.